The van der Waals surface area contributed by atoms with E-state index in [0.717, 1.165) is 13.1 Å². The molecule has 0 aliphatic carbocycles. The summed E-state index contributed by atoms with van der Waals surface area (Å²) in [7, 11) is 0. The fraction of sp³-hybridized carbons (Fsp3) is 0.923. The van der Waals surface area contributed by atoms with E-state index in [0.29, 0.717) is 12.5 Å². The molecule has 0 aliphatic heterocycles. The monoisotopic (exact) mass is 243 g/mol. The second-order valence-electron chi connectivity index (χ2n) is 5.84. The van der Waals surface area contributed by atoms with Gasteiger partial charge in [-0.05, 0) is 46.7 Å². The number of amides is 1. The van der Waals surface area contributed by atoms with Crippen LogP contribution in [0, 0.1) is 5.92 Å². The Kier molecular flexibility index (Phi) is 6.72. The summed E-state index contributed by atoms with van der Waals surface area (Å²) in [6.07, 6.45) is 0. The number of rotatable bonds is 6. The zero-order valence-electron chi connectivity index (χ0n) is 12.2. The predicted molar refractivity (Wildman–Crippen MR) is 72.8 cm³/mol. The molecule has 0 aromatic heterocycles. The molecule has 1 amide bonds. The van der Waals surface area contributed by atoms with E-state index in [1.54, 1.807) is 0 Å². The highest BCUT2D eigenvalue weighted by molar-refractivity contribution is 5.81. The van der Waals surface area contributed by atoms with E-state index in [2.05, 4.69) is 24.1 Å². The lowest BCUT2D eigenvalue weighted by Crippen LogP contribution is -2.52. The number of carbonyl (C=O) groups is 1. The van der Waals surface area contributed by atoms with Crippen LogP contribution in [0.5, 0.6) is 0 Å². The molecule has 0 spiro atoms. The first kappa shape index (κ1) is 16.4. The highest BCUT2D eigenvalue weighted by Gasteiger charge is 2.24. The van der Waals surface area contributed by atoms with Crippen LogP contribution >= 0.6 is 0 Å². The average molecular weight is 243 g/mol. The molecule has 0 aromatic carbocycles. The van der Waals surface area contributed by atoms with Crippen molar-refractivity contribution in [2.45, 2.75) is 53.1 Å². The molecule has 3 N–H and O–H groups in total. The molecule has 0 radical (unpaired) electrons. The number of nitrogens with zero attached hydrogens (tertiary/aromatic N) is 1. The summed E-state index contributed by atoms with van der Waals surface area (Å²) < 4.78 is 0. The minimum atomic E-state index is -0.176. The highest BCUT2D eigenvalue weighted by atomic mass is 16.2. The summed E-state index contributed by atoms with van der Waals surface area (Å²) in [5.41, 5.74) is 5.45. The molecule has 102 valence electrons. The minimum absolute atomic E-state index is 0.0866. The summed E-state index contributed by atoms with van der Waals surface area (Å²) in [6.45, 7) is 14.5. The quantitative estimate of drug-likeness (QED) is 0.737. The van der Waals surface area contributed by atoms with Gasteiger partial charge in [0.2, 0.25) is 5.91 Å². The predicted octanol–water partition coefficient (Wildman–Crippen LogP) is 1.21. The Morgan fingerprint density at radius 3 is 2.24 bits per heavy atom. The van der Waals surface area contributed by atoms with Gasteiger partial charge in [-0.3, -0.25) is 9.69 Å². The standard InChI is InChI=1S/C13H29N3O/c1-7-16(9-10(2)8-14)11(3)12(17)15-13(4,5)6/h10-11H,7-9,14H2,1-6H3,(H,15,17). The molecule has 17 heavy (non-hydrogen) atoms. The Hall–Kier alpha value is -0.610. The molecule has 2 unspecified atom stereocenters. The van der Waals surface area contributed by atoms with E-state index in [4.69, 9.17) is 5.73 Å². The van der Waals surface area contributed by atoms with Gasteiger partial charge in [0, 0.05) is 12.1 Å². The van der Waals surface area contributed by atoms with E-state index >= 15 is 0 Å². The third-order valence-corrected chi connectivity index (χ3v) is 2.78. The van der Waals surface area contributed by atoms with Gasteiger partial charge in [0.1, 0.15) is 0 Å². The SMILES string of the molecule is CCN(CC(C)CN)C(C)C(=O)NC(C)(C)C. The summed E-state index contributed by atoms with van der Waals surface area (Å²) >= 11 is 0. The van der Waals surface area contributed by atoms with Crippen LogP contribution < -0.4 is 11.1 Å². The Morgan fingerprint density at radius 2 is 1.88 bits per heavy atom. The van der Waals surface area contributed by atoms with Crippen molar-refractivity contribution in [2.75, 3.05) is 19.6 Å². The molecule has 4 heteroatoms. The fourth-order valence-corrected chi connectivity index (χ4v) is 1.68. The summed E-state index contributed by atoms with van der Waals surface area (Å²) in [6, 6.07) is -0.103. The summed E-state index contributed by atoms with van der Waals surface area (Å²) in [5.74, 6) is 0.503. The molecule has 0 saturated heterocycles. The number of nitrogens with two attached hydrogens (primary N) is 1. The number of carbonyl (C=O) groups excluding carboxylic acids is 1. The minimum Gasteiger partial charge on any atom is -0.350 e. The first-order chi connectivity index (χ1) is 7.71. The largest absolute Gasteiger partial charge is 0.350 e. The number of hydrogen-bond acceptors (Lipinski definition) is 3. The van der Waals surface area contributed by atoms with Crippen molar-refractivity contribution in [1.29, 1.82) is 0 Å². The Bertz CT molecular complexity index is 235. The molecule has 0 rings (SSSR count). The normalized spacial score (nSPS) is 15.8. The van der Waals surface area contributed by atoms with Gasteiger partial charge >= 0.3 is 0 Å². The summed E-state index contributed by atoms with van der Waals surface area (Å²) in [4.78, 5) is 14.2. The molecule has 0 aliphatic rings. The molecule has 0 bridgehead atoms. The van der Waals surface area contributed by atoms with Gasteiger partial charge in [0.25, 0.3) is 0 Å². The third-order valence-electron chi connectivity index (χ3n) is 2.78. The van der Waals surface area contributed by atoms with Gasteiger partial charge < -0.3 is 11.1 Å². The van der Waals surface area contributed by atoms with E-state index in [1.807, 2.05) is 27.7 Å². The van der Waals surface area contributed by atoms with Gasteiger partial charge in [-0.2, -0.15) is 0 Å². The lowest BCUT2D eigenvalue weighted by molar-refractivity contribution is -0.127. The van der Waals surface area contributed by atoms with Crippen LogP contribution in [0.3, 0.4) is 0 Å². The van der Waals surface area contributed by atoms with Crippen LogP contribution in [-0.2, 0) is 4.79 Å². The average Bonchev–Trinajstić information content (AvgIpc) is 2.22. The van der Waals surface area contributed by atoms with Crippen LogP contribution in [0.4, 0.5) is 0 Å². The van der Waals surface area contributed by atoms with Crippen molar-refractivity contribution in [2.24, 2.45) is 11.7 Å². The van der Waals surface area contributed by atoms with Crippen LogP contribution in [-0.4, -0.2) is 42.0 Å². The van der Waals surface area contributed by atoms with Crippen LogP contribution in [0.15, 0.2) is 0 Å². The number of likely N-dealkylation sites (N-methyl/N-ethyl adjacent to an activating group) is 1. The second kappa shape index (κ2) is 6.97. The number of hydrogen-bond donors (Lipinski definition) is 2. The van der Waals surface area contributed by atoms with E-state index in [1.165, 1.54) is 0 Å². The van der Waals surface area contributed by atoms with Crippen molar-refractivity contribution >= 4 is 5.91 Å². The zero-order valence-corrected chi connectivity index (χ0v) is 12.2. The van der Waals surface area contributed by atoms with Gasteiger partial charge in [0.05, 0.1) is 6.04 Å². The lowest BCUT2D eigenvalue weighted by Gasteiger charge is -2.31. The molecular weight excluding hydrogens is 214 g/mol. The number of nitrogens with one attached hydrogen (secondary N) is 1. The van der Waals surface area contributed by atoms with E-state index in [9.17, 15) is 4.79 Å². The molecule has 4 nitrogen and oxygen atoms in total. The Morgan fingerprint density at radius 1 is 1.35 bits per heavy atom. The zero-order chi connectivity index (χ0) is 13.6. The van der Waals surface area contributed by atoms with Crippen molar-refractivity contribution in [3.8, 4) is 0 Å². The van der Waals surface area contributed by atoms with E-state index in [-0.39, 0.29) is 17.5 Å². The van der Waals surface area contributed by atoms with Gasteiger partial charge in [0.15, 0.2) is 0 Å². The van der Waals surface area contributed by atoms with Crippen LogP contribution in [0.1, 0.15) is 41.5 Å². The Balaban J connectivity index is 4.42. The van der Waals surface area contributed by atoms with Crippen molar-refractivity contribution in [3.63, 3.8) is 0 Å². The first-order valence-electron chi connectivity index (χ1n) is 6.47. The van der Waals surface area contributed by atoms with Gasteiger partial charge in [-0.15, -0.1) is 0 Å². The maximum atomic E-state index is 12.0. The second-order valence-corrected chi connectivity index (χ2v) is 5.84. The highest BCUT2D eigenvalue weighted by Crippen LogP contribution is 2.07. The van der Waals surface area contributed by atoms with Crippen molar-refractivity contribution in [1.82, 2.24) is 10.2 Å². The topological polar surface area (TPSA) is 58.4 Å². The molecule has 0 saturated carbocycles. The maximum Gasteiger partial charge on any atom is 0.237 e. The third kappa shape index (κ3) is 6.64. The molecular formula is C13H29N3O. The molecule has 0 aromatic rings. The van der Waals surface area contributed by atoms with Crippen LogP contribution in [0.25, 0.3) is 0 Å². The lowest BCUT2D eigenvalue weighted by atomic mass is 10.1. The van der Waals surface area contributed by atoms with Crippen molar-refractivity contribution in [3.05, 3.63) is 0 Å². The van der Waals surface area contributed by atoms with Crippen molar-refractivity contribution < 1.29 is 4.79 Å². The van der Waals surface area contributed by atoms with E-state index < -0.39 is 0 Å². The van der Waals surface area contributed by atoms with Gasteiger partial charge in [-0.1, -0.05) is 13.8 Å². The molecule has 0 heterocycles. The smallest absolute Gasteiger partial charge is 0.237 e. The fourth-order valence-electron chi connectivity index (χ4n) is 1.68. The molecule has 0 fully saturated rings. The Labute approximate surface area is 106 Å². The van der Waals surface area contributed by atoms with Crippen LogP contribution in [0.2, 0.25) is 0 Å². The molecule has 2 atom stereocenters. The maximum absolute atomic E-state index is 12.0. The van der Waals surface area contributed by atoms with Gasteiger partial charge in [-0.25, -0.2) is 0 Å². The first-order valence-corrected chi connectivity index (χ1v) is 6.47. The summed E-state index contributed by atoms with van der Waals surface area (Å²) in [5, 5.41) is 3.01.